The summed E-state index contributed by atoms with van der Waals surface area (Å²) in [6.07, 6.45) is 1.97. The van der Waals surface area contributed by atoms with Crippen LogP contribution in [0.15, 0.2) is 42.5 Å². The second kappa shape index (κ2) is 4.96. The van der Waals surface area contributed by atoms with Crippen LogP contribution in [-0.4, -0.2) is 16.9 Å². The number of para-hydroxylation sites is 1. The van der Waals surface area contributed by atoms with Crippen LogP contribution in [0.2, 0.25) is 0 Å². The van der Waals surface area contributed by atoms with E-state index in [-0.39, 0.29) is 11.9 Å². The minimum atomic E-state index is -0.842. The van der Waals surface area contributed by atoms with Gasteiger partial charge in [0, 0.05) is 28.2 Å². The summed E-state index contributed by atoms with van der Waals surface area (Å²) in [6.45, 7) is 4.24. The third kappa shape index (κ3) is 1.89. The molecule has 2 aliphatic heterocycles. The Kier molecular flexibility index (Phi) is 2.92. The van der Waals surface area contributed by atoms with Crippen molar-refractivity contribution in [3.8, 4) is 0 Å². The number of hydrogen-bond acceptors (Lipinski definition) is 2. The molecule has 1 aromatic heterocycles. The molecule has 3 aromatic rings. The molecule has 0 bridgehead atoms. The highest BCUT2D eigenvalue weighted by Crippen LogP contribution is 2.45. The van der Waals surface area contributed by atoms with Crippen molar-refractivity contribution in [3.63, 3.8) is 0 Å². The molecule has 5 rings (SSSR count). The maximum absolute atomic E-state index is 13.3. The maximum atomic E-state index is 13.3. The van der Waals surface area contributed by atoms with Gasteiger partial charge in [0.25, 0.3) is 5.91 Å². The van der Waals surface area contributed by atoms with Gasteiger partial charge in [-0.05, 0) is 44.4 Å². The Hall–Kier alpha value is -2.59. The van der Waals surface area contributed by atoms with Crippen LogP contribution < -0.4 is 10.6 Å². The molecule has 0 unspecified atom stereocenters. The lowest BCUT2D eigenvalue weighted by molar-refractivity contribution is -0.120. The number of carbonyl (C=O) groups is 1. The number of benzene rings is 2. The van der Waals surface area contributed by atoms with Crippen molar-refractivity contribution in [3.05, 3.63) is 64.8 Å². The van der Waals surface area contributed by atoms with E-state index in [4.69, 9.17) is 0 Å². The lowest BCUT2D eigenvalue weighted by Crippen LogP contribution is -2.52. The average Bonchev–Trinajstić information content (AvgIpc) is 3.04. The van der Waals surface area contributed by atoms with Gasteiger partial charge in [-0.15, -0.1) is 0 Å². The van der Waals surface area contributed by atoms with Crippen molar-refractivity contribution in [2.75, 3.05) is 5.32 Å². The summed E-state index contributed by atoms with van der Waals surface area (Å²) in [5.41, 5.74) is 5.60. The summed E-state index contributed by atoms with van der Waals surface area (Å²) in [5.74, 6) is 0.00894. The Morgan fingerprint density at radius 1 is 1.16 bits per heavy atom. The molecule has 126 valence electrons. The number of anilines is 1. The van der Waals surface area contributed by atoms with Crippen LogP contribution in [0.3, 0.4) is 0 Å². The summed E-state index contributed by atoms with van der Waals surface area (Å²) in [4.78, 5) is 16.8. The number of aromatic amines is 1. The molecule has 3 N–H and O–H groups in total. The highest BCUT2D eigenvalue weighted by molar-refractivity contribution is 6.09. The number of nitrogens with one attached hydrogen (secondary N) is 3. The molecule has 4 nitrogen and oxygen atoms in total. The standard InChI is InChI=1S/C21H21N3O/c1-12-7-10-18-16(11-12)21(20(25)23-18)19-15(9-8-13(2)24-21)14-5-3-4-6-17(14)22-19/h3-7,10-11,13,22,24H,8-9H2,1-2H3,(H,23,25)/t13-,21-/m1/s1. The van der Waals surface area contributed by atoms with Crippen molar-refractivity contribution >= 4 is 22.5 Å². The molecule has 1 spiro atoms. The summed E-state index contributed by atoms with van der Waals surface area (Å²) in [5, 5.41) is 7.98. The predicted octanol–water partition coefficient (Wildman–Crippen LogP) is 3.60. The third-order valence-electron chi connectivity index (χ3n) is 5.65. The van der Waals surface area contributed by atoms with Crippen LogP contribution in [0.5, 0.6) is 0 Å². The molecule has 0 radical (unpaired) electrons. The second-order valence-electron chi connectivity index (χ2n) is 7.36. The first-order valence-corrected chi connectivity index (χ1v) is 8.90. The maximum Gasteiger partial charge on any atom is 0.255 e. The van der Waals surface area contributed by atoms with Gasteiger partial charge in [-0.3, -0.25) is 10.1 Å². The first kappa shape index (κ1) is 14.7. The molecule has 4 heteroatoms. The number of fused-ring (bicyclic) bond motifs is 6. The zero-order chi connectivity index (χ0) is 17.2. The van der Waals surface area contributed by atoms with Gasteiger partial charge in [-0.25, -0.2) is 0 Å². The number of hydrogen-bond donors (Lipinski definition) is 3. The number of aromatic nitrogens is 1. The summed E-state index contributed by atoms with van der Waals surface area (Å²) in [6, 6.07) is 14.8. The van der Waals surface area contributed by atoms with Crippen LogP contribution in [0, 0.1) is 6.92 Å². The fourth-order valence-corrected chi connectivity index (χ4v) is 4.46. The topological polar surface area (TPSA) is 56.9 Å². The predicted molar refractivity (Wildman–Crippen MR) is 99.8 cm³/mol. The zero-order valence-corrected chi connectivity index (χ0v) is 14.4. The molecule has 0 saturated carbocycles. The SMILES string of the molecule is Cc1ccc2c(c1)[C@]1(N[C@H](C)CCc3c1[nH]c1ccccc31)C(=O)N2. The molecule has 1 amide bonds. The van der Waals surface area contributed by atoms with Gasteiger partial charge in [0.2, 0.25) is 0 Å². The van der Waals surface area contributed by atoms with Crippen molar-refractivity contribution in [1.29, 1.82) is 0 Å². The van der Waals surface area contributed by atoms with Gasteiger partial charge in [0.15, 0.2) is 5.54 Å². The number of carbonyl (C=O) groups excluding carboxylic acids is 1. The van der Waals surface area contributed by atoms with E-state index in [0.717, 1.165) is 40.9 Å². The molecule has 0 saturated heterocycles. The molecule has 2 aromatic carbocycles. The minimum absolute atomic E-state index is 0.00894. The van der Waals surface area contributed by atoms with Gasteiger partial charge in [-0.1, -0.05) is 35.9 Å². The zero-order valence-electron chi connectivity index (χ0n) is 14.4. The average molecular weight is 331 g/mol. The van der Waals surface area contributed by atoms with Crippen LogP contribution in [0.1, 0.15) is 35.7 Å². The summed E-state index contributed by atoms with van der Waals surface area (Å²) in [7, 11) is 0. The van der Waals surface area contributed by atoms with E-state index in [1.807, 2.05) is 18.2 Å². The van der Waals surface area contributed by atoms with Crippen LogP contribution >= 0.6 is 0 Å². The Morgan fingerprint density at radius 3 is 2.88 bits per heavy atom. The number of amides is 1. The smallest absolute Gasteiger partial charge is 0.255 e. The van der Waals surface area contributed by atoms with Crippen LogP contribution in [-0.2, 0) is 16.8 Å². The quantitative estimate of drug-likeness (QED) is 0.589. The van der Waals surface area contributed by atoms with E-state index in [1.165, 1.54) is 10.9 Å². The van der Waals surface area contributed by atoms with E-state index in [1.54, 1.807) is 0 Å². The van der Waals surface area contributed by atoms with Gasteiger partial charge >= 0.3 is 0 Å². The molecule has 25 heavy (non-hydrogen) atoms. The van der Waals surface area contributed by atoms with Crippen molar-refractivity contribution < 1.29 is 4.79 Å². The molecular weight excluding hydrogens is 310 g/mol. The number of H-pyrrole nitrogens is 1. The van der Waals surface area contributed by atoms with E-state index in [0.29, 0.717) is 0 Å². The highest BCUT2D eigenvalue weighted by atomic mass is 16.2. The van der Waals surface area contributed by atoms with Crippen molar-refractivity contribution in [2.45, 2.75) is 38.3 Å². The summed E-state index contributed by atoms with van der Waals surface area (Å²) < 4.78 is 0. The Bertz CT molecular complexity index is 1020. The Labute approximate surface area is 146 Å². The van der Waals surface area contributed by atoms with E-state index in [2.05, 4.69) is 53.7 Å². The van der Waals surface area contributed by atoms with E-state index >= 15 is 0 Å². The first-order chi connectivity index (χ1) is 12.1. The molecule has 2 atom stereocenters. The van der Waals surface area contributed by atoms with Gasteiger partial charge in [-0.2, -0.15) is 0 Å². The summed E-state index contributed by atoms with van der Waals surface area (Å²) >= 11 is 0. The van der Waals surface area contributed by atoms with Crippen molar-refractivity contribution in [2.24, 2.45) is 0 Å². The highest BCUT2D eigenvalue weighted by Gasteiger charge is 2.52. The third-order valence-corrected chi connectivity index (χ3v) is 5.65. The minimum Gasteiger partial charge on any atom is -0.356 e. The molecule has 3 heterocycles. The Morgan fingerprint density at radius 2 is 2.00 bits per heavy atom. The molecule has 0 aliphatic carbocycles. The number of rotatable bonds is 0. The van der Waals surface area contributed by atoms with Crippen LogP contribution in [0.4, 0.5) is 5.69 Å². The Balaban J connectivity index is 1.88. The first-order valence-electron chi connectivity index (χ1n) is 8.90. The second-order valence-corrected chi connectivity index (χ2v) is 7.36. The van der Waals surface area contributed by atoms with E-state index < -0.39 is 5.54 Å². The fourth-order valence-electron chi connectivity index (χ4n) is 4.46. The van der Waals surface area contributed by atoms with Crippen molar-refractivity contribution in [1.82, 2.24) is 10.3 Å². The molecule has 2 aliphatic rings. The monoisotopic (exact) mass is 331 g/mol. The lowest BCUT2D eigenvalue weighted by Gasteiger charge is -2.30. The van der Waals surface area contributed by atoms with Gasteiger partial charge < -0.3 is 10.3 Å². The number of aryl methyl sites for hydroxylation is 2. The van der Waals surface area contributed by atoms with Crippen LogP contribution in [0.25, 0.3) is 10.9 Å². The lowest BCUT2D eigenvalue weighted by atomic mass is 9.85. The largest absolute Gasteiger partial charge is 0.356 e. The normalized spacial score (nSPS) is 24.9. The van der Waals surface area contributed by atoms with E-state index in [9.17, 15) is 4.79 Å². The fraction of sp³-hybridized carbons (Fsp3) is 0.286. The van der Waals surface area contributed by atoms with Gasteiger partial charge in [0.05, 0.1) is 5.69 Å². The molecular formula is C21H21N3O. The molecule has 0 fully saturated rings. The van der Waals surface area contributed by atoms with Gasteiger partial charge in [0.1, 0.15) is 0 Å².